The van der Waals surface area contributed by atoms with Crippen molar-refractivity contribution in [3.8, 4) is 0 Å². The molecule has 0 saturated heterocycles. The van der Waals surface area contributed by atoms with Crippen molar-refractivity contribution < 1.29 is 26.4 Å². The molecule has 0 bridgehead atoms. The second-order valence-corrected chi connectivity index (χ2v) is 7.13. The van der Waals surface area contributed by atoms with Gasteiger partial charge in [-0.1, -0.05) is 0 Å². The minimum atomic E-state index is -4.98. The molecule has 1 amide bonds. The van der Waals surface area contributed by atoms with Crippen molar-refractivity contribution in [2.75, 3.05) is 11.6 Å². The van der Waals surface area contributed by atoms with Gasteiger partial charge in [-0.25, -0.2) is 8.42 Å². The molecule has 0 aromatic heterocycles. The minimum Gasteiger partial charge on any atom is -0.318 e. The van der Waals surface area contributed by atoms with Crippen molar-refractivity contribution >= 4 is 31.3 Å². The molecular formula is C9H8F3NO3S2. The molecule has 1 N–H and O–H groups in total. The maximum atomic E-state index is 11.9. The molecule has 4 nitrogen and oxygen atoms in total. The Bertz CT molecular complexity index is 537. The van der Waals surface area contributed by atoms with Gasteiger partial charge in [-0.15, -0.1) is 0 Å². The highest BCUT2D eigenvalue weighted by Crippen LogP contribution is 2.23. The average molecular weight is 299 g/mol. The van der Waals surface area contributed by atoms with Crippen LogP contribution in [-0.4, -0.2) is 26.8 Å². The number of carbonyl (C=O) groups is 1. The van der Waals surface area contributed by atoms with Crippen LogP contribution < -0.4 is 5.32 Å². The van der Waals surface area contributed by atoms with Crippen molar-refractivity contribution in [2.24, 2.45) is 0 Å². The molecule has 1 aromatic rings. The summed E-state index contributed by atoms with van der Waals surface area (Å²) in [6, 6.07) is 4.43. The Morgan fingerprint density at radius 1 is 1.22 bits per heavy atom. The van der Waals surface area contributed by atoms with E-state index in [1.807, 2.05) is 0 Å². The highest BCUT2D eigenvalue weighted by molar-refractivity contribution is 8.71. The summed E-state index contributed by atoms with van der Waals surface area (Å²) >= 11 is 0. The van der Waals surface area contributed by atoms with Gasteiger partial charge in [0.25, 0.3) is 0 Å². The van der Waals surface area contributed by atoms with E-state index < -0.39 is 21.0 Å². The smallest absolute Gasteiger partial charge is 0.318 e. The molecule has 9 heteroatoms. The third-order valence-corrected chi connectivity index (χ3v) is 5.06. The lowest BCUT2D eigenvalue weighted by Gasteiger charge is -2.08. The first-order chi connectivity index (χ1) is 8.16. The fourth-order valence-corrected chi connectivity index (χ4v) is 2.58. The predicted octanol–water partition coefficient (Wildman–Crippen LogP) is 2.24. The zero-order valence-corrected chi connectivity index (χ0v) is 10.6. The number of anilines is 1. The first kappa shape index (κ1) is 14.8. The second kappa shape index (κ2) is 5.19. The Morgan fingerprint density at radius 3 is 2.11 bits per heavy atom. The number of alkyl halides is 3. The minimum absolute atomic E-state index is 0.0417. The molecule has 0 aliphatic carbocycles. The Hall–Kier alpha value is -1.22. The van der Waals surface area contributed by atoms with E-state index in [2.05, 4.69) is 0 Å². The lowest BCUT2D eigenvalue weighted by atomic mass is 10.3. The van der Waals surface area contributed by atoms with Crippen molar-refractivity contribution in [1.82, 2.24) is 0 Å². The number of rotatable bonds is 3. The van der Waals surface area contributed by atoms with E-state index in [0.29, 0.717) is 10.8 Å². The Balaban J connectivity index is 2.89. The SMILES string of the molecule is CSS(=O)(=O)c1ccc(NC(=O)C(F)(F)F)cc1. The zero-order chi connectivity index (χ0) is 14.0. The number of nitrogens with one attached hydrogen (secondary N) is 1. The summed E-state index contributed by atoms with van der Waals surface area (Å²) in [7, 11) is -2.88. The molecule has 0 unspecified atom stereocenters. The predicted molar refractivity (Wildman–Crippen MR) is 61.8 cm³/mol. The lowest BCUT2D eigenvalue weighted by Crippen LogP contribution is -2.29. The summed E-state index contributed by atoms with van der Waals surface area (Å²) < 4.78 is 58.6. The third kappa shape index (κ3) is 3.64. The molecule has 0 aliphatic rings. The molecule has 0 fully saturated rings. The second-order valence-electron chi connectivity index (χ2n) is 3.10. The van der Waals surface area contributed by atoms with E-state index in [1.54, 1.807) is 5.32 Å². The third-order valence-electron chi connectivity index (χ3n) is 1.88. The first-order valence-electron chi connectivity index (χ1n) is 4.45. The largest absolute Gasteiger partial charge is 0.471 e. The first-order valence-corrected chi connectivity index (χ1v) is 7.68. The van der Waals surface area contributed by atoms with Crippen molar-refractivity contribution in [3.05, 3.63) is 24.3 Å². The van der Waals surface area contributed by atoms with Crippen LogP contribution in [-0.2, 0) is 13.7 Å². The lowest BCUT2D eigenvalue weighted by molar-refractivity contribution is -0.167. The van der Waals surface area contributed by atoms with Crippen molar-refractivity contribution in [2.45, 2.75) is 11.1 Å². The number of amides is 1. The van der Waals surface area contributed by atoms with E-state index >= 15 is 0 Å². The average Bonchev–Trinajstić information content (AvgIpc) is 2.28. The van der Waals surface area contributed by atoms with Gasteiger partial charge in [0.2, 0.25) is 8.87 Å². The van der Waals surface area contributed by atoms with Crippen molar-refractivity contribution in [3.63, 3.8) is 0 Å². The van der Waals surface area contributed by atoms with Crippen LogP contribution in [0.25, 0.3) is 0 Å². The Morgan fingerprint density at radius 2 is 1.72 bits per heavy atom. The number of hydrogen-bond donors (Lipinski definition) is 1. The van der Waals surface area contributed by atoms with Crippen LogP contribution in [0.3, 0.4) is 0 Å². The van der Waals surface area contributed by atoms with Gasteiger partial charge in [0.1, 0.15) is 0 Å². The molecule has 1 rings (SSSR count). The van der Waals surface area contributed by atoms with Crippen molar-refractivity contribution in [1.29, 1.82) is 0 Å². The molecule has 0 saturated carbocycles. The summed E-state index contributed by atoms with van der Waals surface area (Å²) in [6.45, 7) is 0. The van der Waals surface area contributed by atoms with E-state index in [-0.39, 0.29) is 10.6 Å². The van der Waals surface area contributed by atoms with E-state index in [9.17, 15) is 26.4 Å². The van der Waals surface area contributed by atoms with E-state index in [1.165, 1.54) is 6.26 Å². The highest BCUT2D eigenvalue weighted by Gasteiger charge is 2.38. The molecule has 100 valence electrons. The van der Waals surface area contributed by atoms with Gasteiger partial charge < -0.3 is 5.32 Å². The molecular weight excluding hydrogens is 291 g/mol. The number of hydrogen-bond acceptors (Lipinski definition) is 4. The van der Waals surface area contributed by atoms with Crippen LogP contribution in [0.2, 0.25) is 0 Å². The fraction of sp³-hybridized carbons (Fsp3) is 0.222. The molecule has 0 heterocycles. The van der Waals surface area contributed by atoms with Crippen LogP contribution in [0.5, 0.6) is 0 Å². The Kier molecular flexibility index (Phi) is 4.28. The maximum absolute atomic E-state index is 11.9. The summed E-state index contributed by atoms with van der Waals surface area (Å²) in [5.74, 6) is -2.11. The van der Waals surface area contributed by atoms with Gasteiger partial charge in [-0.05, 0) is 41.3 Å². The molecule has 0 aliphatic heterocycles. The highest BCUT2D eigenvalue weighted by atomic mass is 33.1. The molecule has 0 spiro atoms. The number of halogens is 3. The van der Waals surface area contributed by atoms with Crippen LogP contribution in [0.15, 0.2) is 29.2 Å². The summed E-state index contributed by atoms with van der Waals surface area (Å²) in [4.78, 5) is 10.6. The normalized spacial score (nSPS) is 12.2. The quantitative estimate of drug-likeness (QED) is 0.869. The van der Waals surface area contributed by atoms with Gasteiger partial charge >= 0.3 is 12.1 Å². The standard InChI is InChI=1S/C9H8F3NO3S2/c1-17-18(15,16)7-4-2-6(3-5-7)13-8(14)9(10,11)12/h2-5H,1H3,(H,13,14). The monoisotopic (exact) mass is 299 g/mol. The van der Waals surface area contributed by atoms with Gasteiger partial charge in [0, 0.05) is 5.69 Å². The van der Waals surface area contributed by atoms with Gasteiger partial charge in [-0.2, -0.15) is 13.2 Å². The molecule has 0 radical (unpaired) electrons. The van der Waals surface area contributed by atoms with E-state index in [4.69, 9.17) is 0 Å². The summed E-state index contributed by atoms with van der Waals surface area (Å²) in [5, 5.41) is 1.61. The van der Waals surface area contributed by atoms with Gasteiger partial charge in [0.15, 0.2) is 0 Å². The molecule has 1 aromatic carbocycles. The zero-order valence-electron chi connectivity index (χ0n) is 8.98. The molecule has 0 atom stereocenters. The maximum Gasteiger partial charge on any atom is 0.471 e. The Labute approximate surface area is 105 Å². The molecule has 18 heavy (non-hydrogen) atoms. The van der Waals surface area contributed by atoms with Crippen LogP contribution in [0.1, 0.15) is 0 Å². The number of benzene rings is 1. The van der Waals surface area contributed by atoms with Crippen LogP contribution in [0.4, 0.5) is 18.9 Å². The van der Waals surface area contributed by atoms with E-state index in [0.717, 1.165) is 24.3 Å². The fourth-order valence-electron chi connectivity index (χ4n) is 1.00. The topological polar surface area (TPSA) is 63.2 Å². The summed E-state index contributed by atoms with van der Waals surface area (Å²) in [5.41, 5.74) is -0.127. The van der Waals surface area contributed by atoms with Crippen LogP contribution in [0, 0.1) is 0 Å². The van der Waals surface area contributed by atoms with Gasteiger partial charge in [-0.3, -0.25) is 4.79 Å². The van der Waals surface area contributed by atoms with Gasteiger partial charge in [0.05, 0.1) is 4.90 Å². The summed E-state index contributed by atoms with van der Waals surface area (Å²) in [6.07, 6.45) is -3.61. The van der Waals surface area contributed by atoms with Crippen LogP contribution >= 0.6 is 10.8 Å². The number of carbonyl (C=O) groups excluding carboxylic acids is 1.